The lowest BCUT2D eigenvalue weighted by atomic mass is 10.2. The van der Waals surface area contributed by atoms with Gasteiger partial charge in [0, 0.05) is 22.4 Å². The van der Waals surface area contributed by atoms with E-state index < -0.39 is 0 Å². The maximum atomic E-state index is 6.15. The van der Waals surface area contributed by atoms with E-state index in [4.69, 9.17) is 16.6 Å². The third-order valence-corrected chi connectivity index (χ3v) is 5.33. The number of rotatable bonds is 3. The van der Waals surface area contributed by atoms with Gasteiger partial charge < -0.3 is 0 Å². The zero-order valence-electron chi connectivity index (χ0n) is 13.6. The van der Waals surface area contributed by atoms with Gasteiger partial charge in [0.1, 0.15) is 5.01 Å². The molecule has 2 nitrogen and oxygen atoms in total. The van der Waals surface area contributed by atoms with Crippen LogP contribution in [0.4, 0.5) is 5.69 Å². The molecule has 0 aliphatic rings. The summed E-state index contributed by atoms with van der Waals surface area (Å²) in [5.41, 5.74) is 5.21. The Hall–Kier alpha value is -2.49. The molecule has 1 aromatic heterocycles. The monoisotopic (exact) mass is 362 g/mol. The summed E-state index contributed by atoms with van der Waals surface area (Å²) in [6.45, 7) is 2.10. The number of aryl methyl sites for hydroxylation is 1. The Kier molecular flexibility index (Phi) is 4.35. The molecule has 122 valence electrons. The Labute approximate surface area is 155 Å². The van der Waals surface area contributed by atoms with Gasteiger partial charge in [-0.1, -0.05) is 35.9 Å². The molecule has 0 atom stereocenters. The van der Waals surface area contributed by atoms with Gasteiger partial charge in [-0.15, -0.1) is 11.3 Å². The molecule has 0 aliphatic carbocycles. The van der Waals surface area contributed by atoms with Gasteiger partial charge in [0.2, 0.25) is 0 Å². The number of benzene rings is 3. The molecule has 4 rings (SSSR count). The van der Waals surface area contributed by atoms with E-state index >= 15 is 0 Å². The predicted octanol–water partition coefficient (Wildman–Crippen LogP) is 6.68. The molecule has 0 radical (unpaired) electrons. The topological polar surface area (TPSA) is 25.2 Å². The molecule has 1 heterocycles. The first-order valence-electron chi connectivity index (χ1n) is 7.95. The van der Waals surface area contributed by atoms with Crippen LogP contribution in [0, 0.1) is 6.92 Å². The van der Waals surface area contributed by atoms with Crippen LogP contribution in [0.2, 0.25) is 5.02 Å². The van der Waals surface area contributed by atoms with E-state index in [1.165, 1.54) is 10.3 Å². The van der Waals surface area contributed by atoms with Crippen LogP contribution in [0.3, 0.4) is 0 Å². The van der Waals surface area contributed by atoms with Crippen molar-refractivity contribution in [1.82, 2.24) is 4.98 Å². The standard InChI is InChI=1S/C21H15ClN2S/c1-14-6-11-19-20(12-14)25-21(24-19)15-7-9-17(10-8-15)23-13-16-4-2-3-5-18(16)22/h2-13H,1H3. The normalized spacial score (nSPS) is 11.4. The van der Waals surface area contributed by atoms with Crippen molar-refractivity contribution in [2.75, 3.05) is 0 Å². The molecular formula is C21H15ClN2S. The maximum Gasteiger partial charge on any atom is 0.124 e. The van der Waals surface area contributed by atoms with Crippen LogP contribution < -0.4 is 0 Å². The molecule has 0 bridgehead atoms. The summed E-state index contributed by atoms with van der Waals surface area (Å²) in [6.07, 6.45) is 1.79. The van der Waals surface area contributed by atoms with Gasteiger partial charge in [0.05, 0.1) is 15.9 Å². The smallest absolute Gasteiger partial charge is 0.124 e. The first-order chi connectivity index (χ1) is 12.2. The molecule has 0 unspecified atom stereocenters. The fourth-order valence-electron chi connectivity index (χ4n) is 2.57. The Morgan fingerprint density at radius 1 is 1.00 bits per heavy atom. The lowest BCUT2D eigenvalue weighted by Crippen LogP contribution is -1.81. The summed E-state index contributed by atoms with van der Waals surface area (Å²) in [5, 5.41) is 1.73. The second-order valence-corrected chi connectivity index (χ2v) is 7.25. The number of aliphatic imine (C=N–C) groups is 1. The number of aromatic nitrogens is 1. The fourth-order valence-corrected chi connectivity index (χ4v) is 3.82. The predicted molar refractivity (Wildman–Crippen MR) is 108 cm³/mol. The Balaban J connectivity index is 1.60. The molecule has 4 heteroatoms. The van der Waals surface area contributed by atoms with E-state index in [9.17, 15) is 0 Å². The van der Waals surface area contributed by atoms with Crippen LogP contribution >= 0.6 is 22.9 Å². The molecule has 0 fully saturated rings. The highest BCUT2D eigenvalue weighted by molar-refractivity contribution is 7.21. The Morgan fingerprint density at radius 2 is 1.80 bits per heavy atom. The maximum absolute atomic E-state index is 6.15. The van der Waals surface area contributed by atoms with Crippen LogP contribution in [0.5, 0.6) is 0 Å². The number of halogens is 1. The lowest BCUT2D eigenvalue weighted by Gasteiger charge is -1.99. The van der Waals surface area contributed by atoms with E-state index in [2.05, 4.69) is 42.2 Å². The van der Waals surface area contributed by atoms with E-state index in [-0.39, 0.29) is 0 Å². The van der Waals surface area contributed by atoms with Crippen molar-refractivity contribution in [1.29, 1.82) is 0 Å². The van der Waals surface area contributed by atoms with Crippen LogP contribution in [-0.4, -0.2) is 11.2 Å². The van der Waals surface area contributed by atoms with Gasteiger partial charge in [0.25, 0.3) is 0 Å². The molecule has 0 saturated carbocycles. The van der Waals surface area contributed by atoms with E-state index in [0.29, 0.717) is 5.02 Å². The van der Waals surface area contributed by atoms with E-state index in [0.717, 1.165) is 27.3 Å². The highest BCUT2D eigenvalue weighted by Crippen LogP contribution is 2.31. The molecule has 0 saturated heterocycles. The third kappa shape index (κ3) is 3.48. The molecule has 0 amide bonds. The summed E-state index contributed by atoms with van der Waals surface area (Å²) < 4.78 is 1.22. The second-order valence-electron chi connectivity index (χ2n) is 5.82. The summed E-state index contributed by atoms with van der Waals surface area (Å²) in [5.74, 6) is 0. The number of fused-ring (bicyclic) bond motifs is 1. The number of thiazole rings is 1. The van der Waals surface area contributed by atoms with Crippen LogP contribution in [0.1, 0.15) is 11.1 Å². The molecule has 25 heavy (non-hydrogen) atoms. The molecule has 0 N–H and O–H groups in total. The summed E-state index contributed by atoms with van der Waals surface area (Å²) in [7, 11) is 0. The van der Waals surface area contributed by atoms with Crippen LogP contribution in [-0.2, 0) is 0 Å². The lowest BCUT2D eigenvalue weighted by molar-refractivity contribution is 1.45. The highest BCUT2D eigenvalue weighted by Gasteiger charge is 2.06. The van der Waals surface area contributed by atoms with Crippen molar-refractivity contribution in [2.45, 2.75) is 6.92 Å². The third-order valence-electron chi connectivity index (χ3n) is 3.92. The van der Waals surface area contributed by atoms with Gasteiger partial charge in [-0.2, -0.15) is 0 Å². The molecular weight excluding hydrogens is 348 g/mol. The number of nitrogens with zero attached hydrogens (tertiary/aromatic N) is 2. The summed E-state index contributed by atoms with van der Waals surface area (Å²) in [6, 6.07) is 22.1. The van der Waals surface area contributed by atoms with Crippen molar-refractivity contribution >= 4 is 45.1 Å². The highest BCUT2D eigenvalue weighted by atomic mass is 35.5. The van der Waals surface area contributed by atoms with Crippen molar-refractivity contribution < 1.29 is 0 Å². The number of hydrogen-bond donors (Lipinski definition) is 0. The first kappa shape index (κ1) is 16.0. The minimum atomic E-state index is 0.702. The largest absolute Gasteiger partial charge is 0.256 e. The SMILES string of the molecule is Cc1ccc2nc(-c3ccc(N=Cc4ccccc4Cl)cc3)sc2c1. The molecule has 0 aliphatic heterocycles. The minimum absolute atomic E-state index is 0.702. The van der Waals surface area contributed by atoms with Gasteiger partial charge in [-0.05, 0) is 55.0 Å². The summed E-state index contributed by atoms with van der Waals surface area (Å²) >= 11 is 7.86. The van der Waals surface area contributed by atoms with Gasteiger partial charge >= 0.3 is 0 Å². The number of hydrogen-bond acceptors (Lipinski definition) is 3. The second kappa shape index (κ2) is 6.79. The first-order valence-corrected chi connectivity index (χ1v) is 9.15. The fraction of sp³-hybridized carbons (Fsp3) is 0.0476. The van der Waals surface area contributed by atoms with E-state index in [1.54, 1.807) is 17.6 Å². The minimum Gasteiger partial charge on any atom is -0.256 e. The van der Waals surface area contributed by atoms with Crippen molar-refractivity contribution in [3.63, 3.8) is 0 Å². The Morgan fingerprint density at radius 3 is 2.60 bits per heavy atom. The van der Waals surface area contributed by atoms with Crippen LogP contribution in [0.15, 0.2) is 71.7 Å². The van der Waals surface area contributed by atoms with E-state index in [1.807, 2.05) is 36.4 Å². The molecule has 3 aromatic carbocycles. The molecule has 0 spiro atoms. The van der Waals surface area contributed by atoms with Gasteiger partial charge in [-0.25, -0.2) is 4.98 Å². The zero-order chi connectivity index (χ0) is 17.2. The average Bonchev–Trinajstić information content (AvgIpc) is 3.04. The average molecular weight is 363 g/mol. The van der Waals surface area contributed by atoms with Gasteiger partial charge in [0.15, 0.2) is 0 Å². The molecule has 4 aromatic rings. The van der Waals surface area contributed by atoms with Gasteiger partial charge in [-0.3, -0.25) is 4.99 Å². The summed E-state index contributed by atoms with van der Waals surface area (Å²) in [4.78, 5) is 9.22. The van der Waals surface area contributed by atoms with Crippen molar-refractivity contribution in [3.8, 4) is 10.6 Å². The zero-order valence-corrected chi connectivity index (χ0v) is 15.2. The van der Waals surface area contributed by atoms with Crippen molar-refractivity contribution in [2.24, 2.45) is 4.99 Å². The van der Waals surface area contributed by atoms with Crippen LogP contribution in [0.25, 0.3) is 20.8 Å². The Bertz CT molecular complexity index is 1060. The van der Waals surface area contributed by atoms with Crippen molar-refractivity contribution in [3.05, 3.63) is 82.9 Å². The quantitative estimate of drug-likeness (QED) is 0.373.